The number of nitrogens with one attached hydrogen (secondary N) is 3. The molecule has 2 aliphatic carbocycles. The van der Waals surface area contributed by atoms with Crippen molar-refractivity contribution in [2.24, 2.45) is 4.99 Å². The van der Waals surface area contributed by atoms with E-state index in [1.807, 2.05) is 0 Å². The van der Waals surface area contributed by atoms with Crippen LogP contribution in [0.3, 0.4) is 0 Å². The maximum atomic E-state index is 9.25. The van der Waals surface area contributed by atoms with Crippen LogP contribution in [0, 0.1) is 41.5 Å². The fraction of sp³-hybridized carbons (Fsp3) is 0.183. The first-order valence-electron chi connectivity index (χ1n) is 23.4. The second kappa shape index (κ2) is 19.5. The lowest BCUT2D eigenvalue weighted by atomic mass is 9.90. The molecule has 0 radical (unpaired) electrons. The molecule has 3 aromatic heterocycles. The van der Waals surface area contributed by atoms with Crippen LogP contribution in [0.4, 0.5) is 0 Å². The summed E-state index contributed by atoms with van der Waals surface area (Å²) in [5.41, 5.74) is 28.3. The molecule has 9 heteroatoms. The summed E-state index contributed by atoms with van der Waals surface area (Å²) in [4.78, 5) is 15.7. The van der Waals surface area contributed by atoms with Gasteiger partial charge in [-0.05, 0) is 174 Å². The number of hydrogen-bond acceptors (Lipinski definition) is 2. The second-order valence-electron chi connectivity index (χ2n) is 18.6. The molecular formula is C60H52Br4N4O. The molecule has 0 atom stereocenters. The average Bonchev–Trinajstić information content (AvgIpc) is 4.08. The standard InChI is InChI=1S/C30H24Br2N2.C17H16BrN.C13H12BrNO/c1-16-12-17(2)27(18(3)13-16)30-22-11-9-20(31)14-24(22)25(33-30)15-26-28(32)23-10-8-19-6-4-5-7-21(19)29(23)34-26;1-10-6-11(2)16(12(3)7-10)17-15-5-4-14(18)8-13(15)9-19-17;14-12-10-6-5-8-3-1-2-4-9(8)13(10)15-11(12)7-16/h4-7,9,11-15,34H,8,10H2,1-3H3;4-9,19H,1-3H3;1-4,15-16H,5-7H2. The van der Waals surface area contributed by atoms with Crippen molar-refractivity contribution >= 4 is 92.0 Å². The van der Waals surface area contributed by atoms with E-state index >= 15 is 0 Å². The maximum Gasteiger partial charge on any atom is 0.0842 e. The van der Waals surface area contributed by atoms with Gasteiger partial charge in [0.15, 0.2) is 0 Å². The third-order valence-electron chi connectivity index (χ3n) is 13.7. The van der Waals surface area contributed by atoms with Crippen molar-refractivity contribution in [3.8, 4) is 33.8 Å². The summed E-state index contributed by atoms with van der Waals surface area (Å²) in [6, 6.07) is 39.0. The van der Waals surface area contributed by atoms with Crippen LogP contribution >= 0.6 is 63.7 Å². The predicted octanol–water partition coefficient (Wildman–Crippen LogP) is 17.1. The molecule has 3 aliphatic rings. The van der Waals surface area contributed by atoms with Gasteiger partial charge in [-0.25, -0.2) is 4.99 Å². The Morgan fingerprint density at radius 2 is 1.10 bits per heavy atom. The number of H-pyrrole nitrogens is 3. The van der Waals surface area contributed by atoms with E-state index in [0.717, 1.165) is 77.6 Å². The molecule has 5 nitrogen and oxygen atoms in total. The van der Waals surface area contributed by atoms with E-state index in [1.54, 1.807) is 0 Å². The Balaban J connectivity index is 0.000000133. The van der Waals surface area contributed by atoms with Gasteiger partial charge in [-0.3, -0.25) is 0 Å². The van der Waals surface area contributed by atoms with Gasteiger partial charge in [0.1, 0.15) is 0 Å². The number of nitrogens with zero attached hydrogens (tertiary/aromatic N) is 1. The van der Waals surface area contributed by atoms with E-state index in [2.05, 4.69) is 242 Å². The molecule has 0 amide bonds. The first-order valence-corrected chi connectivity index (χ1v) is 26.6. The third kappa shape index (κ3) is 9.06. The Morgan fingerprint density at radius 3 is 1.72 bits per heavy atom. The lowest BCUT2D eigenvalue weighted by molar-refractivity contribution is 0.277. The number of benzene rings is 6. The fourth-order valence-electron chi connectivity index (χ4n) is 10.8. The molecule has 0 saturated carbocycles. The van der Waals surface area contributed by atoms with E-state index < -0.39 is 0 Å². The van der Waals surface area contributed by atoms with Gasteiger partial charge in [0.2, 0.25) is 0 Å². The number of aliphatic hydroxyl groups is 1. The van der Waals surface area contributed by atoms with Gasteiger partial charge in [0.25, 0.3) is 0 Å². The highest BCUT2D eigenvalue weighted by atomic mass is 79.9. The Hall–Kier alpha value is -5.29. The van der Waals surface area contributed by atoms with Crippen LogP contribution in [-0.2, 0) is 32.3 Å². The highest BCUT2D eigenvalue weighted by molar-refractivity contribution is 9.11. The molecule has 69 heavy (non-hydrogen) atoms. The monoisotopic (exact) mass is 1160 g/mol. The number of halogens is 4. The minimum Gasteiger partial charge on any atom is -0.390 e. The van der Waals surface area contributed by atoms with E-state index in [9.17, 15) is 5.11 Å². The van der Waals surface area contributed by atoms with Crippen LogP contribution in [0.2, 0.25) is 0 Å². The zero-order valence-corrected chi connectivity index (χ0v) is 45.8. The SMILES string of the molecule is Cc1cc(C)c(-c2[nH]cc3cc(Br)ccc23)c(C)c1.Cc1cc(C)c(C2=NC(=Cc3[nH]c4c(c3Br)CCc3ccccc3-4)c3cc(Br)ccc32)c(C)c1.OCc1[nH]c2c(c1Br)CCc1ccccc1-2. The summed E-state index contributed by atoms with van der Waals surface area (Å²) in [5.74, 6) is 0. The van der Waals surface area contributed by atoms with Gasteiger partial charge in [-0.15, -0.1) is 0 Å². The van der Waals surface area contributed by atoms with Crippen molar-refractivity contribution < 1.29 is 5.11 Å². The normalized spacial score (nSPS) is 13.7. The third-order valence-corrected chi connectivity index (χ3v) is 16.6. The molecule has 12 rings (SSSR count). The number of aliphatic hydroxyl groups excluding tert-OH is 1. The number of aryl methyl sites for hydroxylation is 8. The first kappa shape index (κ1) is 47.4. The summed E-state index contributed by atoms with van der Waals surface area (Å²) in [6.45, 7) is 13.1. The smallest absolute Gasteiger partial charge is 0.0842 e. The van der Waals surface area contributed by atoms with Gasteiger partial charge in [0.05, 0.1) is 46.5 Å². The molecule has 0 bridgehead atoms. The van der Waals surface area contributed by atoms with Gasteiger partial charge in [0, 0.05) is 68.2 Å². The number of hydrogen-bond donors (Lipinski definition) is 4. The molecule has 346 valence electrons. The largest absolute Gasteiger partial charge is 0.390 e. The van der Waals surface area contributed by atoms with Crippen LogP contribution in [0.5, 0.6) is 0 Å². The highest BCUT2D eigenvalue weighted by Gasteiger charge is 2.27. The molecule has 1 aliphatic heterocycles. The molecule has 4 N–H and O–H groups in total. The van der Waals surface area contributed by atoms with Crippen molar-refractivity contribution in [3.63, 3.8) is 0 Å². The minimum atomic E-state index is 0.0513. The fourth-order valence-corrected chi connectivity index (χ4v) is 12.8. The molecule has 0 unspecified atom stereocenters. The molecule has 9 aromatic rings. The van der Waals surface area contributed by atoms with Crippen LogP contribution in [0.15, 0.2) is 138 Å². The number of fused-ring (bicyclic) bond motifs is 8. The lowest BCUT2D eigenvalue weighted by Gasteiger charge is -2.16. The number of aromatic nitrogens is 3. The molecule has 4 heterocycles. The first-order chi connectivity index (χ1) is 33.3. The average molecular weight is 1160 g/mol. The number of aromatic amines is 3. The van der Waals surface area contributed by atoms with Crippen LogP contribution in [0.1, 0.15) is 83.7 Å². The van der Waals surface area contributed by atoms with Gasteiger partial charge in [-0.2, -0.15) is 0 Å². The van der Waals surface area contributed by atoms with E-state index in [1.165, 1.54) is 106 Å². The van der Waals surface area contributed by atoms with Gasteiger partial charge < -0.3 is 20.1 Å². The van der Waals surface area contributed by atoms with Crippen molar-refractivity contribution in [2.45, 2.75) is 73.8 Å². The summed E-state index contributed by atoms with van der Waals surface area (Å²) >= 11 is 14.7. The van der Waals surface area contributed by atoms with E-state index in [-0.39, 0.29) is 6.61 Å². The summed E-state index contributed by atoms with van der Waals surface area (Å²) in [6.07, 6.45) is 8.48. The van der Waals surface area contributed by atoms with Crippen molar-refractivity contribution in [1.29, 1.82) is 0 Å². The molecule has 0 spiro atoms. The Morgan fingerprint density at radius 1 is 0.551 bits per heavy atom. The Kier molecular flexibility index (Phi) is 13.4. The number of aliphatic imine (C=N–C) groups is 1. The molecule has 0 fully saturated rings. The second-order valence-corrected chi connectivity index (χ2v) is 22.0. The van der Waals surface area contributed by atoms with Crippen molar-refractivity contribution in [3.05, 3.63) is 217 Å². The zero-order chi connectivity index (χ0) is 48.2. The van der Waals surface area contributed by atoms with Crippen molar-refractivity contribution in [1.82, 2.24) is 15.0 Å². The minimum absolute atomic E-state index is 0.0513. The lowest BCUT2D eigenvalue weighted by Crippen LogP contribution is -2.06. The Bertz CT molecular complexity index is 3520. The van der Waals surface area contributed by atoms with Crippen LogP contribution in [0.25, 0.3) is 56.3 Å². The van der Waals surface area contributed by atoms with E-state index in [0.29, 0.717) is 0 Å². The highest BCUT2D eigenvalue weighted by Crippen LogP contribution is 2.43. The molecule has 6 aromatic carbocycles. The molecular weight excluding hydrogens is 1110 g/mol. The van der Waals surface area contributed by atoms with Crippen LogP contribution < -0.4 is 0 Å². The van der Waals surface area contributed by atoms with Gasteiger partial charge >= 0.3 is 0 Å². The van der Waals surface area contributed by atoms with Crippen molar-refractivity contribution in [2.75, 3.05) is 0 Å². The molecule has 0 saturated heterocycles. The summed E-state index contributed by atoms with van der Waals surface area (Å²) < 4.78 is 4.36. The summed E-state index contributed by atoms with van der Waals surface area (Å²) in [7, 11) is 0. The number of rotatable bonds is 4. The maximum absolute atomic E-state index is 9.25. The Labute approximate surface area is 438 Å². The zero-order valence-electron chi connectivity index (χ0n) is 39.5. The topological polar surface area (TPSA) is 80.0 Å². The quantitative estimate of drug-likeness (QED) is 0.139. The van der Waals surface area contributed by atoms with Gasteiger partial charge in [-0.1, -0.05) is 128 Å². The van der Waals surface area contributed by atoms with E-state index in [4.69, 9.17) is 4.99 Å². The predicted molar refractivity (Wildman–Crippen MR) is 303 cm³/mol. The van der Waals surface area contributed by atoms with Crippen LogP contribution in [-0.4, -0.2) is 25.8 Å². The summed E-state index contributed by atoms with van der Waals surface area (Å²) in [5, 5.41) is 11.8.